The second-order valence-electron chi connectivity index (χ2n) is 6.77. The molecule has 1 amide bonds. The number of fused-ring (bicyclic) bond motifs is 1. The normalized spacial score (nSPS) is 15.6. The van der Waals surface area contributed by atoms with E-state index in [1.165, 1.54) is 5.56 Å². The lowest BCUT2D eigenvalue weighted by Gasteiger charge is -2.26. The van der Waals surface area contributed by atoms with E-state index < -0.39 is 0 Å². The van der Waals surface area contributed by atoms with Gasteiger partial charge in [0.25, 0.3) is 5.91 Å². The molecule has 0 spiro atoms. The van der Waals surface area contributed by atoms with Crippen LogP contribution < -0.4 is 19.5 Å². The zero-order valence-electron chi connectivity index (χ0n) is 15.5. The van der Waals surface area contributed by atoms with Crippen molar-refractivity contribution in [2.24, 2.45) is 0 Å². The van der Waals surface area contributed by atoms with Crippen molar-refractivity contribution in [3.8, 4) is 17.2 Å². The minimum atomic E-state index is -0.208. The number of amides is 1. The third-order valence-corrected chi connectivity index (χ3v) is 4.33. The predicted molar refractivity (Wildman–Crippen MR) is 100 cm³/mol. The van der Waals surface area contributed by atoms with Crippen LogP contribution in [0.15, 0.2) is 42.5 Å². The van der Waals surface area contributed by atoms with Crippen LogP contribution in [0.2, 0.25) is 0 Å². The second kappa shape index (κ2) is 8.13. The molecule has 1 aliphatic rings. The topological polar surface area (TPSA) is 56.8 Å². The van der Waals surface area contributed by atoms with E-state index in [4.69, 9.17) is 14.2 Å². The lowest BCUT2D eigenvalue weighted by molar-refractivity contribution is -0.123. The fourth-order valence-electron chi connectivity index (χ4n) is 2.72. The van der Waals surface area contributed by atoms with Crippen molar-refractivity contribution in [3.05, 3.63) is 53.6 Å². The highest BCUT2D eigenvalue weighted by atomic mass is 16.6. The highest BCUT2D eigenvalue weighted by Gasteiger charge is 2.21. The minimum Gasteiger partial charge on any atom is -0.486 e. The van der Waals surface area contributed by atoms with Crippen molar-refractivity contribution >= 4 is 5.91 Å². The molecule has 0 unspecified atom stereocenters. The van der Waals surface area contributed by atoms with E-state index in [0.29, 0.717) is 24.8 Å². The van der Waals surface area contributed by atoms with Gasteiger partial charge in [0.15, 0.2) is 18.1 Å². The molecule has 1 atom stereocenters. The van der Waals surface area contributed by atoms with Crippen LogP contribution in [0.3, 0.4) is 0 Å². The molecule has 0 aliphatic carbocycles. The van der Waals surface area contributed by atoms with Gasteiger partial charge in [0.2, 0.25) is 0 Å². The first kappa shape index (κ1) is 18.1. The third-order valence-electron chi connectivity index (χ3n) is 4.33. The van der Waals surface area contributed by atoms with Gasteiger partial charge in [0.05, 0.1) is 6.54 Å². The summed E-state index contributed by atoms with van der Waals surface area (Å²) in [4.78, 5) is 12.1. The maximum absolute atomic E-state index is 12.1. The lowest BCUT2D eigenvalue weighted by atomic mass is 10.0. The Balaban J connectivity index is 1.47. The van der Waals surface area contributed by atoms with Crippen LogP contribution >= 0.6 is 0 Å². The molecule has 0 bridgehead atoms. The van der Waals surface area contributed by atoms with Crippen molar-refractivity contribution in [3.63, 3.8) is 0 Å². The molecule has 3 rings (SSSR count). The molecule has 5 heteroatoms. The number of benzene rings is 2. The molecule has 1 heterocycles. The Hall–Kier alpha value is -2.69. The van der Waals surface area contributed by atoms with Gasteiger partial charge >= 0.3 is 0 Å². The van der Waals surface area contributed by atoms with Gasteiger partial charge in [0, 0.05) is 0 Å². The van der Waals surface area contributed by atoms with Crippen molar-refractivity contribution in [1.82, 2.24) is 5.32 Å². The van der Waals surface area contributed by atoms with E-state index in [9.17, 15) is 4.79 Å². The molecule has 0 fully saturated rings. The zero-order valence-corrected chi connectivity index (χ0v) is 15.5. The smallest absolute Gasteiger partial charge is 0.258 e. The molecule has 2 aromatic carbocycles. The Labute approximate surface area is 154 Å². The summed E-state index contributed by atoms with van der Waals surface area (Å²) in [5.41, 5.74) is 2.21. The van der Waals surface area contributed by atoms with Crippen LogP contribution in [0.1, 0.15) is 30.9 Å². The lowest BCUT2D eigenvalue weighted by Crippen LogP contribution is -2.42. The number of hydrogen-bond donors (Lipinski definition) is 1. The third kappa shape index (κ3) is 4.48. The van der Waals surface area contributed by atoms with Gasteiger partial charge in [-0.1, -0.05) is 38.1 Å². The Morgan fingerprint density at radius 2 is 2.00 bits per heavy atom. The van der Waals surface area contributed by atoms with Crippen LogP contribution in [0.25, 0.3) is 0 Å². The molecule has 138 valence electrons. The minimum absolute atomic E-state index is 0.0213. The molecule has 26 heavy (non-hydrogen) atoms. The Kier molecular flexibility index (Phi) is 5.66. The van der Waals surface area contributed by atoms with Crippen LogP contribution in [0, 0.1) is 6.92 Å². The molecular formula is C21H25NO4. The van der Waals surface area contributed by atoms with Crippen LogP contribution in [0.4, 0.5) is 0 Å². The summed E-state index contributed by atoms with van der Waals surface area (Å²) >= 11 is 0. The fourth-order valence-corrected chi connectivity index (χ4v) is 2.72. The number of para-hydroxylation sites is 2. The van der Waals surface area contributed by atoms with Gasteiger partial charge in [-0.05, 0) is 42.2 Å². The predicted octanol–water partition coefficient (Wildman–Crippen LogP) is 3.45. The average molecular weight is 355 g/mol. The Morgan fingerprint density at radius 1 is 1.23 bits per heavy atom. The van der Waals surface area contributed by atoms with E-state index in [0.717, 1.165) is 17.1 Å². The highest BCUT2D eigenvalue weighted by molar-refractivity contribution is 5.77. The van der Waals surface area contributed by atoms with Crippen LogP contribution in [-0.4, -0.2) is 31.8 Å². The maximum atomic E-state index is 12.1. The molecular weight excluding hydrogens is 330 g/mol. The van der Waals surface area contributed by atoms with Crippen molar-refractivity contribution < 1.29 is 19.0 Å². The average Bonchev–Trinajstić information content (AvgIpc) is 2.65. The Bertz CT molecular complexity index is 772. The molecule has 2 aromatic rings. The summed E-state index contributed by atoms with van der Waals surface area (Å²) in [6, 6.07) is 13.6. The number of aryl methyl sites for hydroxylation is 1. The van der Waals surface area contributed by atoms with Crippen LogP contribution in [-0.2, 0) is 4.79 Å². The number of carbonyl (C=O) groups is 1. The van der Waals surface area contributed by atoms with Gasteiger partial charge in [0.1, 0.15) is 18.5 Å². The molecule has 0 aromatic heterocycles. The number of rotatable bonds is 6. The zero-order chi connectivity index (χ0) is 18.5. The second-order valence-corrected chi connectivity index (χ2v) is 6.77. The summed E-state index contributed by atoms with van der Waals surface area (Å²) in [5, 5.41) is 2.84. The largest absolute Gasteiger partial charge is 0.486 e. The van der Waals surface area contributed by atoms with Crippen molar-refractivity contribution in [2.45, 2.75) is 32.8 Å². The van der Waals surface area contributed by atoms with Crippen molar-refractivity contribution in [1.29, 1.82) is 0 Å². The summed E-state index contributed by atoms with van der Waals surface area (Å²) in [6.07, 6.45) is -0.208. The van der Waals surface area contributed by atoms with Gasteiger partial charge in [-0.15, -0.1) is 0 Å². The van der Waals surface area contributed by atoms with E-state index in [2.05, 4.69) is 25.2 Å². The molecule has 5 nitrogen and oxygen atoms in total. The van der Waals surface area contributed by atoms with Crippen molar-refractivity contribution in [2.75, 3.05) is 19.8 Å². The highest BCUT2D eigenvalue weighted by Crippen LogP contribution is 2.30. The van der Waals surface area contributed by atoms with E-state index in [1.807, 2.05) is 43.3 Å². The molecule has 0 radical (unpaired) electrons. The molecule has 1 N–H and O–H groups in total. The Morgan fingerprint density at radius 3 is 2.77 bits per heavy atom. The molecule has 0 saturated carbocycles. The number of nitrogens with one attached hydrogen (secondary N) is 1. The summed E-state index contributed by atoms with van der Waals surface area (Å²) in [6.45, 7) is 7.00. The van der Waals surface area contributed by atoms with Gasteiger partial charge < -0.3 is 19.5 Å². The number of carbonyl (C=O) groups excluding carboxylic acids is 1. The van der Waals surface area contributed by atoms with Crippen LogP contribution in [0.5, 0.6) is 17.2 Å². The van der Waals surface area contributed by atoms with E-state index in [1.54, 1.807) is 0 Å². The summed E-state index contributed by atoms with van der Waals surface area (Å²) in [7, 11) is 0. The fraction of sp³-hybridized carbons (Fsp3) is 0.381. The van der Waals surface area contributed by atoms with Gasteiger partial charge in [-0.2, -0.15) is 0 Å². The standard InChI is InChI=1S/C21H25NO4/c1-14(2)16-9-8-15(3)20(10-16)25-13-21(23)22-11-17-12-24-18-6-4-5-7-19(18)26-17/h4-10,14,17H,11-13H2,1-3H3,(H,22,23)/t17-/m0/s1. The van der Waals surface area contributed by atoms with E-state index in [-0.39, 0.29) is 18.6 Å². The van der Waals surface area contributed by atoms with E-state index >= 15 is 0 Å². The molecule has 0 saturated heterocycles. The van der Waals surface area contributed by atoms with Gasteiger partial charge in [-0.25, -0.2) is 0 Å². The number of hydrogen-bond acceptors (Lipinski definition) is 4. The summed E-state index contributed by atoms with van der Waals surface area (Å²) < 4.78 is 17.2. The quantitative estimate of drug-likeness (QED) is 0.862. The monoisotopic (exact) mass is 355 g/mol. The number of ether oxygens (including phenoxy) is 3. The first-order valence-corrected chi connectivity index (χ1v) is 8.91. The molecule has 1 aliphatic heterocycles. The van der Waals surface area contributed by atoms with Gasteiger partial charge in [-0.3, -0.25) is 4.79 Å². The SMILES string of the molecule is Cc1ccc(C(C)C)cc1OCC(=O)NC[C@H]1COc2ccccc2O1. The first-order chi connectivity index (χ1) is 12.5. The first-order valence-electron chi connectivity index (χ1n) is 8.91. The summed E-state index contributed by atoms with van der Waals surface area (Å²) in [5.74, 6) is 2.42. The maximum Gasteiger partial charge on any atom is 0.258 e.